The number of carbonyl (C=O) groups is 2. The van der Waals surface area contributed by atoms with E-state index >= 15 is 0 Å². The van der Waals surface area contributed by atoms with E-state index in [1.165, 1.54) is 35.5 Å². The van der Waals surface area contributed by atoms with Crippen molar-refractivity contribution in [3.8, 4) is 5.75 Å². The number of esters is 1. The molecule has 27 heavy (non-hydrogen) atoms. The molecule has 3 rings (SSSR count). The number of anilines is 1. The predicted molar refractivity (Wildman–Crippen MR) is 103 cm³/mol. The first-order chi connectivity index (χ1) is 13.0. The first kappa shape index (κ1) is 19.4. The van der Waals surface area contributed by atoms with Crippen molar-refractivity contribution in [2.75, 3.05) is 25.6 Å². The van der Waals surface area contributed by atoms with Gasteiger partial charge < -0.3 is 14.8 Å². The lowest BCUT2D eigenvalue weighted by Crippen LogP contribution is -2.16. The summed E-state index contributed by atoms with van der Waals surface area (Å²) in [6, 6.07) is 4.11. The van der Waals surface area contributed by atoms with Crippen LogP contribution in [0.1, 0.15) is 50.9 Å². The van der Waals surface area contributed by atoms with Crippen molar-refractivity contribution in [2.24, 2.45) is 0 Å². The zero-order valence-corrected chi connectivity index (χ0v) is 16.2. The van der Waals surface area contributed by atoms with Crippen LogP contribution in [0.3, 0.4) is 0 Å². The molecule has 0 amide bonds. The van der Waals surface area contributed by atoms with Gasteiger partial charge in [-0.1, -0.05) is 0 Å². The highest BCUT2D eigenvalue weighted by molar-refractivity contribution is 7.16. The van der Waals surface area contributed by atoms with Crippen LogP contribution >= 0.6 is 11.3 Å². The Morgan fingerprint density at radius 3 is 2.74 bits per heavy atom. The Labute approximate surface area is 161 Å². The molecule has 2 aromatic rings. The number of methoxy groups -OCH3 is 1. The first-order valence-corrected chi connectivity index (χ1v) is 9.79. The van der Waals surface area contributed by atoms with Crippen LogP contribution < -0.4 is 10.1 Å². The second-order valence-electron chi connectivity index (χ2n) is 6.26. The topological polar surface area (TPSA) is 64.6 Å². The van der Waals surface area contributed by atoms with Crippen LogP contribution in [-0.2, 0) is 17.6 Å². The fourth-order valence-electron chi connectivity index (χ4n) is 3.21. The molecular formula is C20H22FNO4S. The van der Waals surface area contributed by atoms with Gasteiger partial charge in [-0.05, 0) is 56.4 Å². The van der Waals surface area contributed by atoms with E-state index in [2.05, 4.69) is 5.32 Å². The molecule has 0 fully saturated rings. The number of nitrogens with one attached hydrogen (secondary N) is 1. The van der Waals surface area contributed by atoms with Crippen LogP contribution in [0, 0.1) is 5.82 Å². The molecule has 0 bridgehead atoms. The minimum atomic E-state index is -0.581. The Balaban J connectivity index is 1.79. The Kier molecular flexibility index (Phi) is 6.11. The number of halogens is 1. The summed E-state index contributed by atoms with van der Waals surface area (Å²) in [4.78, 5) is 26.0. The molecule has 1 aromatic carbocycles. The van der Waals surface area contributed by atoms with Gasteiger partial charge in [0.2, 0.25) is 0 Å². The number of hydrogen-bond donors (Lipinski definition) is 1. The van der Waals surface area contributed by atoms with Gasteiger partial charge in [-0.25, -0.2) is 9.18 Å². The van der Waals surface area contributed by atoms with Gasteiger partial charge in [0.05, 0.1) is 25.8 Å². The van der Waals surface area contributed by atoms with Crippen molar-refractivity contribution in [3.05, 3.63) is 45.6 Å². The summed E-state index contributed by atoms with van der Waals surface area (Å²) in [6.45, 7) is 2.04. The maximum absolute atomic E-state index is 13.8. The third-order valence-electron chi connectivity index (χ3n) is 4.53. The number of benzene rings is 1. The average molecular weight is 391 g/mol. The number of thiophene rings is 1. The lowest BCUT2D eigenvalue weighted by molar-refractivity contribution is 0.0526. The highest BCUT2D eigenvalue weighted by Crippen LogP contribution is 2.38. The minimum Gasteiger partial charge on any atom is -0.494 e. The monoisotopic (exact) mass is 391 g/mol. The lowest BCUT2D eigenvalue weighted by Gasteiger charge is -2.12. The third kappa shape index (κ3) is 4.13. The van der Waals surface area contributed by atoms with E-state index in [1.54, 1.807) is 6.92 Å². The fraction of sp³-hybridized carbons (Fsp3) is 0.400. The smallest absolute Gasteiger partial charge is 0.341 e. The number of ether oxygens (including phenoxy) is 2. The normalized spacial score (nSPS) is 13.0. The van der Waals surface area contributed by atoms with Crippen LogP contribution in [0.2, 0.25) is 0 Å². The van der Waals surface area contributed by atoms with E-state index in [9.17, 15) is 14.0 Å². The number of ketones is 1. The summed E-state index contributed by atoms with van der Waals surface area (Å²) in [5.74, 6) is -1.11. The SMILES string of the molecule is CCOC(=O)c1c(NCC(=O)c2ccc(OC)c(F)c2)sc2c1CCCC2. The van der Waals surface area contributed by atoms with Gasteiger partial charge in [0.25, 0.3) is 0 Å². The highest BCUT2D eigenvalue weighted by atomic mass is 32.1. The molecule has 0 saturated heterocycles. The Morgan fingerprint density at radius 1 is 1.26 bits per heavy atom. The molecule has 0 unspecified atom stereocenters. The summed E-state index contributed by atoms with van der Waals surface area (Å²) < 4.78 is 23.9. The minimum absolute atomic E-state index is 0.0302. The highest BCUT2D eigenvalue weighted by Gasteiger charge is 2.26. The molecule has 1 aliphatic carbocycles. The van der Waals surface area contributed by atoms with Gasteiger partial charge in [-0.3, -0.25) is 4.79 Å². The van der Waals surface area contributed by atoms with E-state index in [0.717, 1.165) is 37.3 Å². The third-order valence-corrected chi connectivity index (χ3v) is 5.78. The number of Topliss-reactive ketones (excluding diaryl/α,β-unsaturated/α-hetero) is 1. The van der Waals surface area contributed by atoms with Crippen molar-refractivity contribution in [1.29, 1.82) is 0 Å². The van der Waals surface area contributed by atoms with Gasteiger partial charge in [0.1, 0.15) is 5.00 Å². The van der Waals surface area contributed by atoms with E-state index in [0.29, 0.717) is 17.2 Å². The zero-order valence-electron chi connectivity index (χ0n) is 15.4. The molecule has 7 heteroatoms. The molecule has 0 spiro atoms. The largest absolute Gasteiger partial charge is 0.494 e. The molecule has 1 aromatic heterocycles. The standard InChI is InChI=1S/C20H22FNO4S/c1-3-26-20(24)18-13-6-4-5-7-17(13)27-19(18)22-11-15(23)12-8-9-16(25-2)14(21)10-12/h8-10,22H,3-7,11H2,1-2H3. The van der Waals surface area contributed by atoms with Crippen LogP contribution in [0.5, 0.6) is 5.75 Å². The second kappa shape index (κ2) is 8.52. The summed E-state index contributed by atoms with van der Waals surface area (Å²) in [5, 5.41) is 3.73. The number of carbonyl (C=O) groups excluding carboxylic acids is 2. The van der Waals surface area contributed by atoms with Gasteiger partial charge in [-0.2, -0.15) is 0 Å². The molecule has 144 valence electrons. The van der Waals surface area contributed by atoms with Gasteiger partial charge >= 0.3 is 5.97 Å². The van der Waals surface area contributed by atoms with Crippen molar-refractivity contribution >= 4 is 28.1 Å². The molecule has 0 saturated carbocycles. The van der Waals surface area contributed by atoms with Crippen LogP contribution in [-0.4, -0.2) is 32.0 Å². The maximum Gasteiger partial charge on any atom is 0.341 e. The summed E-state index contributed by atoms with van der Waals surface area (Å²) in [5.41, 5.74) is 1.83. The molecule has 1 heterocycles. The predicted octanol–water partition coefficient (Wildman–Crippen LogP) is 4.25. The molecule has 0 aliphatic heterocycles. The second-order valence-corrected chi connectivity index (χ2v) is 7.37. The van der Waals surface area contributed by atoms with E-state index < -0.39 is 5.82 Å². The lowest BCUT2D eigenvalue weighted by atomic mass is 9.95. The summed E-state index contributed by atoms with van der Waals surface area (Å²) in [7, 11) is 1.37. The number of aryl methyl sites for hydroxylation is 1. The van der Waals surface area contributed by atoms with E-state index in [-0.39, 0.29) is 29.6 Å². The molecule has 1 N–H and O–H groups in total. The van der Waals surface area contributed by atoms with Crippen LogP contribution in [0.4, 0.5) is 9.39 Å². The maximum atomic E-state index is 13.8. The van der Waals surface area contributed by atoms with Crippen molar-refractivity contribution < 1.29 is 23.5 Å². The number of fused-ring (bicyclic) bond motifs is 1. The van der Waals surface area contributed by atoms with Gasteiger partial charge in [-0.15, -0.1) is 11.3 Å². The molecule has 1 aliphatic rings. The quantitative estimate of drug-likeness (QED) is 0.565. The van der Waals surface area contributed by atoms with Crippen molar-refractivity contribution in [2.45, 2.75) is 32.6 Å². The average Bonchev–Trinajstić information content (AvgIpc) is 3.04. The zero-order chi connectivity index (χ0) is 19.4. The van der Waals surface area contributed by atoms with Crippen LogP contribution in [0.15, 0.2) is 18.2 Å². The first-order valence-electron chi connectivity index (χ1n) is 8.97. The molecular weight excluding hydrogens is 369 g/mol. The Bertz CT molecular complexity index is 862. The molecule has 5 nitrogen and oxygen atoms in total. The summed E-state index contributed by atoms with van der Waals surface area (Å²) in [6.07, 6.45) is 3.92. The van der Waals surface area contributed by atoms with Crippen molar-refractivity contribution in [1.82, 2.24) is 0 Å². The van der Waals surface area contributed by atoms with E-state index in [4.69, 9.17) is 9.47 Å². The Hall–Kier alpha value is -2.41. The van der Waals surface area contributed by atoms with Gasteiger partial charge in [0, 0.05) is 10.4 Å². The van der Waals surface area contributed by atoms with Gasteiger partial charge in [0.15, 0.2) is 17.3 Å². The molecule has 0 atom stereocenters. The fourth-order valence-corrected chi connectivity index (χ4v) is 4.49. The van der Waals surface area contributed by atoms with Crippen LogP contribution in [0.25, 0.3) is 0 Å². The molecule has 0 radical (unpaired) electrons. The number of hydrogen-bond acceptors (Lipinski definition) is 6. The van der Waals surface area contributed by atoms with E-state index in [1.807, 2.05) is 0 Å². The number of rotatable bonds is 7. The Morgan fingerprint density at radius 2 is 2.04 bits per heavy atom. The summed E-state index contributed by atoms with van der Waals surface area (Å²) >= 11 is 1.50. The van der Waals surface area contributed by atoms with Crippen molar-refractivity contribution in [3.63, 3.8) is 0 Å².